The summed E-state index contributed by atoms with van der Waals surface area (Å²) in [6.07, 6.45) is -0.953. The molecular formula is C23H32FN3O3. The molecule has 0 aliphatic carbocycles. The predicted molar refractivity (Wildman–Crippen MR) is 117 cm³/mol. The standard InChI is InChI=1S/C23H32FN3O3/c1-5-25-23(27-15-22(29-4)17-9-11-19(24)12-10-17)26-14-21(28)18-7-6-8-20(13-18)30-16(2)3/h6-13,16,21-22,28H,5,14-15H2,1-4H3,(H2,25,26,27). The molecule has 0 saturated heterocycles. The molecule has 2 aromatic rings. The van der Waals surface area contributed by atoms with E-state index in [1.807, 2.05) is 45.0 Å². The second-order valence-corrected chi connectivity index (χ2v) is 7.13. The molecule has 0 spiro atoms. The lowest BCUT2D eigenvalue weighted by molar-refractivity contribution is 0.106. The van der Waals surface area contributed by atoms with E-state index >= 15 is 0 Å². The summed E-state index contributed by atoms with van der Waals surface area (Å²) in [6, 6.07) is 13.6. The van der Waals surface area contributed by atoms with Gasteiger partial charge >= 0.3 is 0 Å². The van der Waals surface area contributed by atoms with E-state index in [4.69, 9.17) is 9.47 Å². The molecule has 0 aromatic heterocycles. The molecule has 2 aromatic carbocycles. The Morgan fingerprint density at radius 1 is 1.10 bits per heavy atom. The molecule has 3 N–H and O–H groups in total. The van der Waals surface area contributed by atoms with Gasteiger partial charge in [-0.3, -0.25) is 4.99 Å². The van der Waals surface area contributed by atoms with Crippen LogP contribution in [0, 0.1) is 5.82 Å². The van der Waals surface area contributed by atoms with E-state index in [2.05, 4.69) is 15.6 Å². The van der Waals surface area contributed by atoms with Gasteiger partial charge in [0, 0.05) is 20.2 Å². The van der Waals surface area contributed by atoms with Crippen LogP contribution in [-0.4, -0.2) is 43.9 Å². The van der Waals surface area contributed by atoms with Gasteiger partial charge in [0.15, 0.2) is 5.96 Å². The van der Waals surface area contributed by atoms with Gasteiger partial charge in [-0.1, -0.05) is 24.3 Å². The van der Waals surface area contributed by atoms with Crippen LogP contribution in [0.1, 0.15) is 44.1 Å². The number of hydrogen-bond donors (Lipinski definition) is 3. The number of halogens is 1. The first-order valence-corrected chi connectivity index (χ1v) is 10.2. The normalized spacial score (nSPS) is 13.8. The van der Waals surface area contributed by atoms with Crippen LogP contribution >= 0.6 is 0 Å². The van der Waals surface area contributed by atoms with Gasteiger partial charge in [0.25, 0.3) is 0 Å². The highest BCUT2D eigenvalue weighted by Gasteiger charge is 2.13. The van der Waals surface area contributed by atoms with Crippen molar-refractivity contribution < 1.29 is 19.0 Å². The fourth-order valence-electron chi connectivity index (χ4n) is 2.90. The van der Waals surface area contributed by atoms with Crippen molar-refractivity contribution in [2.24, 2.45) is 4.99 Å². The lowest BCUT2D eigenvalue weighted by Gasteiger charge is -2.19. The van der Waals surface area contributed by atoms with E-state index < -0.39 is 6.10 Å². The molecule has 7 heteroatoms. The van der Waals surface area contributed by atoms with Crippen molar-refractivity contribution in [3.05, 3.63) is 65.5 Å². The van der Waals surface area contributed by atoms with E-state index in [0.29, 0.717) is 19.0 Å². The number of rotatable bonds is 10. The van der Waals surface area contributed by atoms with Crippen LogP contribution in [0.25, 0.3) is 0 Å². The monoisotopic (exact) mass is 417 g/mol. The topological polar surface area (TPSA) is 75.1 Å². The zero-order valence-corrected chi connectivity index (χ0v) is 18.1. The Bertz CT molecular complexity index is 797. The second kappa shape index (κ2) is 12.1. The Balaban J connectivity index is 2.00. The highest BCUT2D eigenvalue weighted by Crippen LogP contribution is 2.20. The summed E-state index contributed by atoms with van der Waals surface area (Å²) >= 11 is 0. The van der Waals surface area contributed by atoms with Crippen LogP contribution in [0.3, 0.4) is 0 Å². The zero-order chi connectivity index (χ0) is 21.9. The molecule has 0 radical (unpaired) electrons. The average molecular weight is 418 g/mol. The van der Waals surface area contributed by atoms with Gasteiger partial charge in [0.1, 0.15) is 11.6 Å². The third-order valence-corrected chi connectivity index (χ3v) is 4.36. The Hall–Kier alpha value is -2.64. The molecule has 0 amide bonds. The van der Waals surface area contributed by atoms with Gasteiger partial charge in [-0.2, -0.15) is 0 Å². The maximum atomic E-state index is 13.2. The maximum absolute atomic E-state index is 13.2. The largest absolute Gasteiger partial charge is 0.491 e. The lowest BCUT2D eigenvalue weighted by atomic mass is 10.1. The molecule has 0 heterocycles. The number of nitrogens with one attached hydrogen (secondary N) is 2. The van der Waals surface area contributed by atoms with E-state index in [-0.39, 0.29) is 24.6 Å². The maximum Gasteiger partial charge on any atom is 0.191 e. The molecular weight excluding hydrogens is 385 g/mol. The van der Waals surface area contributed by atoms with Gasteiger partial charge in [0.05, 0.1) is 24.9 Å². The van der Waals surface area contributed by atoms with Crippen molar-refractivity contribution in [1.29, 1.82) is 0 Å². The minimum atomic E-state index is -0.758. The first kappa shape index (κ1) is 23.6. The summed E-state index contributed by atoms with van der Waals surface area (Å²) in [5.41, 5.74) is 1.61. The van der Waals surface area contributed by atoms with Gasteiger partial charge < -0.3 is 25.2 Å². The number of aliphatic hydroxyl groups excluding tert-OH is 1. The van der Waals surface area contributed by atoms with Crippen LogP contribution in [0.2, 0.25) is 0 Å². The van der Waals surface area contributed by atoms with Crippen LogP contribution in [0.5, 0.6) is 5.75 Å². The van der Waals surface area contributed by atoms with E-state index in [1.165, 1.54) is 12.1 Å². The van der Waals surface area contributed by atoms with Gasteiger partial charge in [-0.05, 0) is 56.2 Å². The van der Waals surface area contributed by atoms with Crippen LogP contribution in [0.15, 0.2) is 53.5 Å². The van der Waals surface area contributed by atoms with Crippen molar-refractivity contribution in [2.45, 2.75) is 39.1 Å². The SMILES string of the molecule is CCNC(=NCC(O)c1cccc(OC(C)C)c1)NCC(OC)c1ccc(F)cc1. The number of hydrogen-bond acceptors (Lipinski definition) is 4. The first-order chi connectivity index (χ1) is 14.4. The molecule has 0 saturated carbocycles. The number of methoxy groups -OCH3 is 1. The van der Waals surface area contributed by atoms with Crippen LogP contribution < -0.4 is 15.4 Å². The molecule has 2 rings (SSSR count). The minimum Gasteiger partial charge on any atom is -0.491 e. The molecule has 0 aliphatic heterocycles. The molecule has 6 nitrogen and oxygen atoms in total. The van der Waals surface area contributed by atoms with Gasteiger partial charge in [-0.25, -0.2) is 4.39 Å². The molecule has 30 heavy (non-hydrogen) atoms. The lowest BCUT2D eigenvalue weighted by Crippen LogP contribution is -2.40. The van der Waals surface area contributed by atoms with E-state index in [1.54, 1.807) is 19.2 Å². The number of aliphatic imine (C=N–C) groups is 1. The van der Waals surface area contributed by atoms with Crippen molar-refractivity contribution in [2.75, 3.05) is 26.7 Å². The highest BCUT2D eigenvalue weighted by atomic mass is 19.1. The van der Waals surface area contributed by atoms with Crippen molar-refractivity contribution in [1.82, 2.24) is 10.6 Å². The Labute approximate surface area is 178 Å². The average Bonchev–Trinajstić information content (AvgIpc) is 2.73. The predicted octanol–water partition coefficient (Wildman–Crippen LogP) is 3.59. The van der Waals surface area contributed by atoms with Crippen LogP contribution in [-0.2, 0) is 4.74 Å². The van der Waals surface area contributed by atoms with E-state index in [0.717, 1.165) is 16.9 Å². The molecule has 2 atom stereocenters. The first-order valence-electron chi connectivity index (χ1n) is 10.2. The van der Waals surface area contributed by atoms with Crippen LogP contribution in [0.4, 0.5) is 4.39 Å². The third-order valence-electron chi connectivity index (χ3n) is 4.36. The van der Waals surface area contributed by atoms with Crippen molar-refractivity contribution in [3.8, 4) is 5.75 Å². The third kappa shape index (κ3) is 7.65. The molecule has 0 aliphatic rings. The Kier molecular flexibility index (Phi) is 9.57. The van der Waals surface area contributed by atoms with Crippen molar-refractivity contribution >= 4 is 5.96 Å². The summed E-state index contributed by atoms with van der Waals surface area (Å²) in [4.78, 5) is 4.48. The number of ether oxygens (including phenoxy) is 2. The van der Waals surface area contributed by atoms with Gasteiger partial charge in [0.2, 0.25) is 0 Å². The second-order valence-electron chi connectivity index (χ2n) is 7.13. The fraction of sp³-hybridized carbons (Fsp3) is 0.435. The molecule has 0 bridgehead atoms. The van der Waals surface area contributed by atoms with Gasteiger partial charge in [-0.15, -0.1) is 0 Å². The fourth-order valence-corrected chi connectivity index (χ4v) is 2.90. The summed E-state index contributed by atoms with van der Waals surface area (Å²) in [5.74, 6) is 1.00. The summed E-state index contributed by atoms with van der Waals surface area (Å²) in [7, 11) is 1.61. The number of nitrogens with zero attached hydrogens (tertiary/aromatic N) is 1. The molecule has 164 valence electrons. The van der Waals surface area contributed by atoms with E-state index in [9.17, 15) is 9.50 Å². The quantitative estimate of drug-likeness (QED) is 0.407. The number of aliphatic hydroxyl groups is 1. The minimum absolute atomic E-state index is 0.0646. The highest BCUT2D eigenvalue weighted by molar-refractivity contribution is 5.79. The smallest absolute Gasteiger partial charge is 0.191 e. The Morgan fingerprint density at radius 3 is 2.47 bits per heavy atom. The molecule has 0 fully saturated rings. The molecule has 2 unspecified atom stereocenters. The summed E-state index contributed by atoms with van der Waals surface area (Å²) in [5, 5.41) is 16.9. The Morgan fingerprint density at radius 2 is 1.83 bits per heavy atom. The summed E-state index contributed by atoms with van der Waals surface area (Å²) in [6.45, 7) is 7.19. The van der Waals surface area contributed by atoms with Crippen molar-refractivity contribution in [3.63, 3.8) is 0 Å². The zero-order valence-electron chi connectivity index (χ0n) is 18.1. The number of guanidine groups is 1. The summed E-state index contributed by atoms with van der Waals surface area (Å²) < 4.78 is 24.4. The number of benzene rings is 2.